The van der Waals surface area contributed by atoms with Crippen LogP contribution in [-0.2, 0) is 4.79 Å². The standard InChI is InChI=1S/C7H12N2O2/c1-3-6(10)5-4-9(2)7(11)8-5/h5H,3-4H2,1-2H3,(H,8,11)/t5-/m0/s1. The van der Waals surface area contributed by atoms with Crippen molar-refractivity contribution >= 4 is 11.8 Å². The van der Waals surface area contributed by atoms with Gasteiger partial charge in [-0.05, 0) is 0 Å². The van der Waals surface area contributed by atoms with Crippen LogP contribution in [0.15, 0.2) is 0 Å². The van der Waals surface area contributed by atoms with Crippen LogP contribution in [0, 0.1) is 0 Å². The van der Waals surface area contributed by atoms with Crippen LogP contribution in [0.5, 0.6) is 0 Å². The molecule has 0 spiro atoms. The van der Waals surface area contributed by atoms with E-state index >= 15 is 0 Å². The Bertz CT molecular complexity index is 191. The van der Waals surface area contributed by atoms with E-state index in [2.05, 4.69) is 5.32 Å². The molecule has 0 unspecified atom stereocenters. The van der Waals surface area contributed by atoms with E-state index in [4.69, 9.17) is 0 Å². The lowest BCUT2D eigenvalue weighted by Gasteiger charge is -2.05. The molecule has 0 aliphatic carbocycles. The second-order valence-corrected chi connectivity index (χ2v) is 2.70. The van der Waals surface area contributed by atoms with E-state index in [0.29, 0.717) is 13.0 Å². The third-order valence-electron chi connectivity index (χ3n) is 1.84. The molecule has 1 N–H and O–H groups in total. The average molecular weight is 156 g/mol. The van der Waals surface area contributed by atoms with Crippen LogP contribution in [-0.4, -0.2) is 36.3 Å². The van der Waals surface area contributed by atoms with E-state index in [1.807, 2.05) is 0 Å². The highest BCUT2D eigenvalue weighted by Gasteiger charge is 2.29. The highest BCUT2D eigenvalue weighted by molar-refractivity contribution is 5.91. The third kappa shape index (κ3) is 1.50. The Kier molecular flexibility index (Phi) is 2.12. The van der Waals surface area contributed by atoms with E-state index in [9.17, 15) is 9.59 Å². The number of hydrogen-bond donors (Lipinski definition) is 1. The summed E-state index contributed by atoms with van der Waals surface area (Å²) < 4.78 is 0. The largest absolute Gasteiger partial charge is 0.326 e. The van der Waals surface area contributed by atoms with Crippen molar-refractivity contribution in [3.8, 4) is 0 Å². The molecule has 11 heavy (non-hydrogen) atoms. The maximum Gasteiger partial charge on any atom is 0.317 e. The molecule has 4 nitrogen and oxygen atoms in total. The molecule has 1 rings (SSSR count). The highest BCUT2D eigenvalue weighted by atomic mass is 16.2. The number of nitrogens with one attached hydrogen (secondary N) is 1. The smallest absolute Gasteiger partial charge is 0.317 e. The number of likely N-dealkylation sites (N-methyl/N-ethyl adjacent to an activating group) is 1. The second kappa shape index (κ2) is 2.90. The Hall–Kier alpha value is -1.06. The average Bonchev–Trinajstić information content (AvgIpc) is 2.31. The molecule has 1 saturated heterocycles. The molecule has 4 heteroatoms. The molecule has 1 aliphatic rings. The van der Waals surface area contributed by atoms with Gasteiger partial charge in [-0.25, -0.2) is 4.79 Å². The van der Waals surface area contributed by atoms with Crippen molar-refractivity contribution in [2.75, 3.05) is 13.6 Å². The number of hydrogen-bond acceptors (Lipinski definition) is 2. The topological polar surface area (TPSA) is 49.4 Å². The summed E-state index contributed by atoms with van der Waals surface area (Å²) in [7, 11) is 1.68. The van der Waals surface area contributed by atoms with Crippen molar-refractivity contribution in [2.45, 2.75) is 19.4 Å². The Morgan fingerprint density at radius 2 is 2.45 bits per heavy atom. The molecular formula is C7H12N2O2. The zero-order chi connectivity index (χ0) is 8.43. The molecule has 0 aromatic heterocycles. The summed E-state index contributed by atoms with van der Waals surface area (Å²) in [4.78, 5) is 23.4. The van der Waals surface area contributed by atoms with Gasteiger partial charge in [-0.2, -0.15) is 0 Å². The summed E-state index contributed by atoms with van der Waals surface area (Å²) in [5.74, 6) is 0.0997. The van der Waals surface area contributed by atoms with Gasteiger partial charge < -0.3 is 10.2 Å². The summed E-state index contributed by atoms with van der Waals surface area (Å²) in [6.07, 6.45) is 0.485. The summed E-state index contributed by atoms with van der Waals surface area (Å²) >= 11 is 0. The predicted octanol–water partition coefficient (Wildman–Crippen LogP) is -0.0109. The SMILES string of the molecule is CCC(=O)[C@@H]1CN(C)C(=O)N1. The Morgan fingerprint density at radius 1 is 1.82 bits per heavy atom. The lowest BCUT2D eigenvalue weighted by Crippen LogP contribution is -2.33. The second-order valence-electron chi connectivity index (χ2n) is 2.70. The molecule has 0 aromatic carbocycles. The van der Waals surface area contributed by atoms with Gasteiger partial charge in [-0.3, -0.25) is 4.79 Å². The van der Waals surface area contributed by atoms with Gasteiger partial charge in [-0.1, -0.05) is 6.92 Å². The van der Waals surface area contributed by atoms with Gasteiger partial charge in [0.25, 0.3) is 0 Å². The van der Waals surface area contributed by atoms with Gasteiger partial charge in [0.1, 0.15) is 6.04 Å². The zero-order valence-electron chi connectivity index (χ0n) is 6.76. The molecule has 1 atom stereocenters. The first-order valence-electron chi connectivity index (χ1n) is 3.69. The van der Waals surface area contributed by atoms with Crippen molar-refractivity contribution < 1.29 is 9.59 Å². The number of rotatable bonds is 2. The van der Waals surface area contributed by atoms with E-state index in [1.54, 1.807) is 14.0 Å². The number of ketones is 1. The maximum absolute atomic E-state index is 11.1. The van der Waals surface area contributed by atoms with Gasteiger partial charge in [0.2, 0.25) is 0 Å². The molecule has 2 amide bonds. The Morgan fingerprint density at radius 3 is 2.82 bits per heavy atom. The molecule has 0 radical (unpaired) electrons. The highest BCUT2D eigenvalue weighted by Crippen LogP contribution is 2.02. The minimum Gasteiger partial charge on any atom is -0.326 e. The minimum atomic E-state index is -0.280. The number of urea groups is 1. The number of amides is 2. The lowest BCUT2D eigenvalue weighted by atomic mass is 10.1. The maximum atomic E-state index is 11.1. The monoisotopic (exact) mass is 156 g/mol. The van der Waals surface area contributed by atoms with Gasteiger partial charge >= 0.3 is 6.03 Å². The Labute approximate surface area is 65.6 Å². The summed E-state index contributed by atoms with van der Waals surface area (Å²) in [5, 5.41) is 2.59. The molecule has 0 aromatic rings. The predicted molar refractivity (Wildman–Crippen MR) is 40.2 cm³/mol. The van der Waals surface area contributed by atoms with Crippen molar-refractivity contribution in [1.29, 1.82) is 0 Å². The molecule has 62 valence electrons. The number of nitrogens with zero attached hydrogens (tertiary/aromatic N) is 1. The van der Waals surface area contributed by atoms with E-state index in [0.717, 1.165) is 0 Å². The van der Waals surface area contributed by atoms with Crippen LogP contribution in [0.1, 0.15) is 13.3 Å². The number of Topliss-reactive ketones (excluding diaryl/α,β-unsaturated/α-hetero) is 1. The lowest BCUT2D eigenvalue weighted by molar-refractivity contribution is -0.120. The summed E-state index contributed by atoms with van der Waals surface area (Å²) in [5.41, 5.74) is 0. The molecule has 0 saturated carbocycles. The van der Waals surface area contributed by atoms with Crippen LogP contribution in [0.25, 0.3) is 0 Å². The number of carbonyl (C=O) groups excluding carboxylic acids is 2. The van der Waals surface area contributed by atoms with Crippen LogP contribution >= 0.6 is 0 Å². The fraction of sp³-hybridized carbons (Fsp3) is 0.714. The fourth-order valence-corrected chi connectivity index (χ4v) is 1.09. The molecule has 0 bridgehead atoms. The third-order valence-corrected chi connectivity index (χ3v) is 1.84. The Balaban J connectivity index is 2.53. The van der Waals surface area contributed by atoms with Crippen LogP contribution < -0.4 is 5.32 Å². The van der Waals surface area contributed by atoms with Crippen LogP contribution in [0.3, 0.4) is 0 Å². The molecular weight excluding hydrogens is 144 g/mol. The van der Waals surface area contributed by atoms with Crippen LogP contribution in [0.2, 0.25) is 0 Å². The molecule has 1 heterocycles. The van der Waals surface area contributed by atoms with E-state index in [-0.39, 0.29) is 17.9 Å². The number of carbonyl (C=O) groups is 2. The molecule has 1 aliphatic heterocycles. The van der Waals surface area contributed by atoms with Crippen molar-refractivity contribution in [1.82, 2.24) is 10.2 Å². The first-order valence-corrected chi connectivity index (χ1v) is 3.69. The van der Waals surface area contributed by atoms with Crippen LogP contribution in [0.4, 0.5) is 4.79 Å². The summed E-state index contributed by atoms with van der Waals surface area (Å²) in [6, 6.07) is -0.436. The quantitative estimate of drug-likeness (QED) is 0.611. The van der Waals surface area contributed by atoms with Crippen molar-refractivity contribution in [2.24, 2.45) is 0 Å². The van der Waals surface area contributed by atoms with E-state index in [1.165, 1.54) is 4.90 Å². The van der Waals surface area contributed by atoms with Gasteiger partial charge in [0.05, 0.1) is 0 Å². The van der Waals surface area contributed by atoms with Gasteiger partial charge in [-0.15, -0.1) is 0 Å². The normalized spacial score (nSPS) is 23.6. The van der Waals surface area contributed by atoms with E-state index < -0.39 is 0 Å². The van der Waals surface area contributed by atoms with Gasteiger partial charge in [0, 0.05) is 20.0 Å². The van der Waals surface area contributed by atoms with Gasteiger partial charge in [0.15, 0.2) is 5.78 Å². The van der Waals surface area contributed by atoms with Crippen molar-refractivity contribution in [3.05, 3.63) is 0 Å². The molecule has 1 fully saturated rings. The first kappa shape index (κ1) is 8.04. The minimum absolute atomic E-state index is 0.0997. The summed E-state index contributed by atoms with van der Waals surface area (Å²) in [6.45, 7) is 2.30. The first-order chi connectivity index (χ1) is 5.15. The fourth-order valence-electron chi connectivity index (χ4n) is 1.09. The zero-order valence-corrected chi connectivity index (χ0v) is 6.76. The van der Waals surface area contributed by atoms with Crippen molar-refractivity contribution in [3.63, 3.8) is 0 Å².